The Bertz CT molecular complexity index is 1000. The van der Waals surface area contributed by atoms with Crippen LogP contribution >= 0.6 is 0 Å². The Hall–Kier alpha value is -3.80. The minimum atomic E-state index is -0.169. The van der Waals surface area contributed by atoms with Crippen LogP contribution in [0.25, 0.3) is 0 Å². The Morgan fingerprint density at radius 2 is 1.50 bits per heavy atom. The number of rotatable bonds is 10. The number of hydrogen-bond donors (Lipinski definition) is 2. The van der Waals surface area contributed by atoms with Crippen molar-refractivity contribution in [3.05, 3.63) is 90.0 Å². The van der Waals surface area contributed by atoms with E-state index < -0.39 is 0 Å². The number of aryl methyl sites for hydroxylation is 1. The summed E-state index contributed by atoms with van der Waals surface area (Å²) in [7, 11) is 3.41. The summed E-state index contributed by atoms with van der Waals surface area (Å²) in [6, 6.07) is 24.8. The molecule has 0 aliphatic rings. The van der Waals surface area contributed by atoms with Crippen molar-refractivity contribution in [1.82, 2.24) is 4.90 Å². The van der Waals surface area contributed by atoms with Crippen LogP contribution in [0.1, 0.15) is 22.3 Å². The molecule has 6 heteroatoms. The van der Waals surface area contributed by atoms with Crippen molar-refractivity contribution in [3.8, 4) is 5.75 Å². The van der Waals surface area contributed by atoms with E-state index >= 15 is 0 Å². The molecule has 0 saturated carbocycles. The summed E-state index contributed by atoms with van der Waals surface area (Å²) in [6.45, 7) is 0.790. The zero-order valence-electron chi connectivity index (χ0n) is 18.5. The van der Waals surface area contributed by atoms with Crippen LogP contribution in [0.3, 0.4) is 0 Å². The Balaban J connectivity index is 1.38. The van der Waals surface area contributed by atoms with Gasteiger partial charge in [0.2, 0.25) is 5.91 Å². The third-order valence-electron chi connectivity index (χ3n) is 4.85. The number of anilines is 2. The van der Waals surface area contributed by atoms with Gasteiger partial charge >= 0.3 is 0 Å². The number of carbonyl (C=O) groups is 2. The molecule has 0 fully saturated rings. The maximum Gasteiger partial charge on any atom is 0.253 e. The van der Waals surface area contributed by atoms with Gasteiger partial charge in [0, 0.05) is 31.0 Å². The molecule has 0 saturated heterocycles. The van der Waals surface area contributed by atoms with Gasteiger partial charge in [0.25, 0.3) is 5.91 Å². The van der Waals surface area contributed by atoms with E-state index in [4.69, 9.17) is 4.74 Å². The molecule has 0 aliphatic carbocycles. The molecule has 0 atom stereocenters. The summed E-state index contributed by atoms with van der Waals surface area (Å²) in [4.78, 5) is 25.6. The third-order valence-corrected chi connectivity index (χ3v) is 4.85. The molecular weight excluding hydrogens is 402 g/mol. The zero-order valence-corrected chi connectivity index (χ0v) is 18.5. The van der Waals surface area contributed by atoms with Gasteiger partial charge in [-0.05, 0) is 66.9 Å². The van der Waals surface area contributed by atoms with Crippen molar-refractivity contribution in [3.63, 3.8) is 0 Å². The Labute approximate surface area is 189 Å². The molecule has 3 rings (SSSR count). The summed E-state index contributed by atoms with van der Waals surface area (Å²) in [6.07, 6.45) is 1.94. The largest absolute Gasteiger partial charge is 0.494 e. The van der Waals surface area contributed by atoms with Crippen molar-refractivity contribution >= 4 is 23.2 Å². The van der Waals surface area contributed by atoms with Crippen LogP contribution in [0, 0.1) is 0 Å². The van der Waals surface area contributed by atoms with Crippen molar-refractivity contribution < 1.29 is 14.3 Å². The van der Waals surface area contributed by atoms with Crippen molar-refractivity contribution in [2.75, 3.05) is 37.9 Å². The number of amides is 2. The van der Waals surface area contributed by atoms with E-state index in [2.05, 4.69) is 22.8 Å². The fourth-order valence-electron chi connectivity index (χ4n) is 3.12. The van der Waals surface area contributed by atoms with Crippen molar-refractivity contribution in [1.29, 1.82) is 0 Å². The molecule has 0 spiro atoms. The molecule has 0 heterocycles. The number of carbonyl (C=O) groups excluding carboxylic acids is 2. The lowest BCUT2D eigenvalue weighted by molar-refractivity contribution is -0.114. The van der Waals surface area contributed by atoms with Gasteiger partial charge < -0.3 is 20.3 Å². The summed E-state index contributed by atoms with van der Waals surface area (Å²) < 4.78 is 5.79. The predicted molar refractivity (Wildman–Crippen MR) is 128 cm³/mol. The summed E-state index contributed by atoms with van der Waals surface area (Å²) >= 11 is 0. The SMILES string of the molecule is CN(C)C(=O)c1ccc(NC(=O)CNc2ccc(OCCCc3ccccc3)cc2)cc1. The highest BCUT2D eigenvalue weighted by molar-refractivity contribution is 5.96. The number of hydrogen-bond acceptors (Lipinski definition) is 4. The molecule has 32 heavy (non-hydrogen) atoms. The minimum absolute atomic E-state index is 0.0758. The van der Waals surface area contributed by atoms with E-state index in [1.807, 2.05) is 42.5 Å². The zero-order chi connectivity index (χ0) is 22.8. The molecule has 3 aromatic carbocycles. The number of benzene rings is 3. The molecule has 0 unspecified atom stereocenters. The highest BCUT2D eigenvalue weighted by Crippen LogP contribution is 2.16. The molecule has 0 aromatic heterocycles. The maximum absolute atomic E-state index is 12.2. The van der Waals surface area contributed by atoms with Gasteiger partial charge in [-0.1, -0.05) is 30.3 Å². The molecule has 0 aliphatic heterocycles. The quantitative estimate of drug-likeness (QED) is 0.465. The molecule has 0 bridgehead atoms. The van der Waals surface area contributed by atoms with E-state index in [1.54, 1.807) is 38.4 Å². The second-order valence-electron chi connectivity index (χ2n) is 7.64. The predicted octanol–water partition coefficient (Wildman–Crippen LogP) is 4.45. The van der Waals surface area contributed by atoms with Gasteiger partial charge in [0.1, 0.15) is 5.75 Å². The average Bonchev–Trinajstić information content (AvgIpc) is 2.82. The highest BCUT2D eigenvalue weighted by atomic mass is 16.5. The number of ether oxygens (including phenoxy) is 1. The van der Waals surface area contributed by atoms with E-state index in [0.717, 1.165) is 24.3 Å². The molecule has 6 nitrogen and oxygen atoms in total. The van der Waals surface area contributed by atoms with E-state index in [-0.39, 0.29) is 18.4 Å². The van der Waals surface area contributed by atoms with Crippen molar-refractivity contribution in [2.45, 2.75) is 12.8 Å². The van der Waals surface area contributed by atoms with Crippen LogP contribution in [0.15, 0.2) is 78.9 Å². The van der Waals surface area contributed by atoms with E-state index in [1.165, 1.54) is 10.5 Å². The Morgan fingerprint density at radius 3 is 2.16 bits per heavy atom. The lowest BCUT2D eigenvalue weighted by atomic mass is 10.1. The van der Waals surface area contributed by atoms with Gasteiger partial charge in [-0.2, -0.15) is 0 Å². The van der Waals surface area contributed by atoms with Gasteiger partial charge in [0.05, 0.1) is 13.2 Å². The van der Waals surface area contributed by atoms with Gasteiger partial charge in [-0.3, -0.25) is 9.59 Å². The first-order chi connectivity index (χ1) is 15.5. The first-order valence-electron chi connectivity index (χ1n) is 10.6. The lowest BCUT2D eigenvalue weighted by Gasteiger charge is -2.11. The maximum atomic E-state index is 12.2. The van der Waals surface area contributed by atoms with Gasteiger partial charge in [-0.25, -0.2) is 0 Å². The average molecular weight is 432 g/mol. The summed E-state index contributed by atoms with van der Waals surface area (Å²) in [5.74, 6) is 0.562. The van der Waals surface area contributed by atoms with Crippen LogP contribution in [0.5, 0.6) is 5.75 Å². The smallest absolute Gasteiger partial charge is 0.253 e. The minimum Gasteiger partial charge on any atom is -0.494 e. The Morgan fingerprint density at radius 1 is 0.844 bits per heavy atom. The fourth-order valence-corrected chi connectivity index (χ4v) is 3.12. The van der Waals surface area contributed by atoms with Crippen LogP contribution in [-0.2, 0) is 11.2 Å². The van der Waals surface area contributed by atoms with Crippen LogP contribution in [0.2, 0.25) is 0 Å². The molecule has 166 valence electrons. The first kappa shape index (κ1) is 22.9. The van der Waals surface area contributed by atoms with Crippen LogP contribution < -0.4 is 15.4 Å². The first-order valence-corrected chi connectivity index (χ1v) is 10.6. The topological polar surface area (TPSA) is 70.7 Å². The van der Waals surface area contributed by atoms with Crippen LogP contribution in [-0.4, -0.2) is 44.0 Å². The monoisotopic (exact) mass is 431 g/mol. The Kier molecular flexibility index (Phi) is 8.26. The van der Waals surface area contributed by atoms with Crippen molar-refractivity contribution in [2.24, 2.45) is 0 Å². The molecule has 3 aromatic rings. The second-order valence-corrected chi connectivity index (χ2v) is 7.64. The standard InChI is InChI=1S/C26H29N3O3/c1-29(2)26(31)21-10-12-23(13-11-21)28-25(30)19-27-22-14-16-24(17-15-22)32-18-6-9-20-7-4-3-5-8-20/h3-5,7-8,10-17,27H,6,9,18-19H2,1-2H3,(H,28,30). The second kappa shape index (κ2) is 11.6. The summed E-state index contributed by atoms with van der Waals surface area (Å²) in [5.41, 5.74) is 3.37. The van der Waals surface area contributed by atoms with E-state index in [9.17, 15) is 9.59 Å². The lowest BCUT2D eigenvalue weighted by Crippen LogP contribution is -2.22. The van der Waals surface area contributed by atoms with Gasteiger partial charge in [-0.15, -0.1) is 0 Å². The molecule has 0 radical (unpaired) electrons. The van der Waals surface area contributed by atoms with Crippen LogP contribution in [0.4, 0.5) is 11.4 Å². The van der Waals surface area contributed by atoms with E-state index in [0.29, 0.717) is 17.9 Å². The summed E-state index contributed by atoms with van der Waals surface area (Å²) in [5, 5.41) is 5.91. The number of nitrogens with one attached hydrogen (secondary N) is 2. The van der Waals surface area contributed by atoms with Gasteiger partial charge in [0.15, 0.2) is 0 Å². The highest BCUT2D eigenvalue weighted by Gasteiger charge is 2.08. The third kappa shape index (κ3) is 7.16. The molecular formula is C26H29N3O3. The normalized spacial score (nSPS) is 10.3. The number of nitrogens with zero attached hydrogens (tertiary/aromatic N) is 1. The fraction of sp³-hybridized carbons (Fsp3) is 0.231. The molecule has 2 amide bonds. The molecule has 2 N–H and O–H groups in total.